The highest BCUT2D eigenvalue weighted by molar-refractivity contribution is 5.90. The van der Waals surface area contributed by atoms with Crippen molar-refractivity contribution in [3.8, 4) is 0 Å². The van der Waals surface area contributed by atoms with Crippen LogP contribution in [0, 0.1) is 5.92 Å². The molecule has 2 amide bonds. The Morgan fingerprint density at radius 1 is 1.28 bits per heavy atom. The summed E-state index contributed by atoms with van der Waals surface area (Å²) in [4.78, 5) is 26.1. The molecule has 4 heteroatoms. The highest BCUT2D eigenvalue weighted by Crippen LogP contribution is 2.33. The summed E-state index contributed by atoms with van der Waals surface area (Å²) >= 11 is 0. The molecule has 2 atom stereocenters. The Morgan fingerprint density at radius 3 is 2.61 bits per heavy atom. The van der Waals surface area contributed by atoms with E-state index in [1.54, 1.807) is 0 Å². The lowest BCUT2D eigenvalue weighted by Gasteiger charge is -2.28. The van der Waals surface area contributed by atoms with Crippen LogP contribution in [0.5, 0.6) is 0 Å². The van der Waals surface area contributed by atoms with E-state index in [1.807, 2.05) is 18.7 Å². The molecule has 0 aromatic heterocycles. The molecule has 0 spiro atoms. The third-order valence-corrected chi connectivity index (χ3v) is 3.98. The summed E-state index contributed by atoms with van der Waals surface area (Å²) in [6, 6.07) is -0.259. The molecule has 1 N–H and O–H groups in total. The second kappa shape index (κ2) is 5.72. The molecule has 0 aromatic carbocycles. The molecular weight excluding hydrogens is 228 g/mol. The molecule has 1 aliphatic carbocycles. The van der Waals surface area contributed by atoms with Gasteiger partial charge in [-0.3, -0.25) is 9.59 Å². The zero-order chi connectivity index (χ0) is 13.1. The van der Waals surface area contributed by atoms with Crippen molar-refractivity contribution in [1.82, 2.24) is 10.2 Å². The zero-order valence-corrected chi connectivity index (χ0v) is 11.4. The molecule has 2 aliphatic rings. The van der Waals surface area contributed by atoms with Gasteiger partial charge in [0.25, 0.3) is 0 Å². The van der Waals surface area contributed by atoms with Crippen molar-refractivity contribution < 1.29 is 9.59 Å². The summed E-state index contributed by atoms with van der Waals surface area (Å²) in [5, 5.41) is 2.86. The summed E-state index contributed by atoms with van der Waals surface area (Å²) in [5.41, 5.74) is 0. The average molecular weight is 252 g/mol. The van der Waals surface area contributed by atoms with Gasteiger partial charge in [0.2, 0.25) is 11.8 Å². The molecular formula is C14H24N2O2. The van der Waals surface area contributed by atoms with Gasteiger partial charge in [0.1, 0.15) is 6.04 Å². The average Bonchev–Trinajstić information content (AvgIpc) is 3.11. The van der Waals surface area contributed by atoms with Crippen LogP contribution in [-0.4, -0.2) is 35.3 Å². The highest BCUT2D eigenvalue weighted by atomic mass is 16.2. The summed E-state index contributed by atoms with van der Waals surface area (Å²) < 4.78 is 0. The van der Waals surface area contributed by atoms with Crippen LogP contribution in [-0.2, 0) is 9.59 Å². The lowest BCUT2D eigenvalue weighted by molar-refractivity contribution is -0.135. The number of rotatable bonds is 5. The minimum atomic E-state index is -0.299. The van der Waals surface area contributed by atoms with Gasteiger partial charge >= 0.3 is 0 Å². The maximum Gasteiger partial charge on any atom is 0.245 e. The maximum atomic E-state index is 12.4. The predicted octanol–water partition coefficient (Wildman–Crippen LogP) is 1.69. The van der Waals surface area contributed by atoms with Crippen molar-refractivity contribution in [2.45, 2.75) is 64.5 Å². The number of nitrogens with zero attached hydrogens (tertiary/aromatic N) is 1. The summed E-state index contributed by atoms with van der Waals surface area (Å²) in [6.45, 7) is 4.85. The topological polar surface area (TPSA) is 49.4 Å². The first-order valence-electron chi connectivity index (χ1n) is 7.21. The number of carbonyl (C=O) groups is 2. The van der Waals surface area contributed by atoms with Crippen molar-refractivity contribution in [2.24, 2.45) is 5.92 Å². The maximum absolute atomic E-state index is 12.4. The van der Waals surface area contributed by atoms with Crippen molar-refractivity contribution in [1.29, 1.82) is 0 Å². The molecule has 0 aromatic rings. The third-order valence-electron chi connectivity index (χ3n) is 3.98. The van der Waals surface area contributed by atoms with Gasteiger partial charge in [-0.1, -0.05) is 26.2 Å². The van der Waals surface area contributed by atoms with Crippen LogP contribution in [0.3, 0.4) is 0 Å². The Bertz CT molecular complexity index is 326. The van der Waals surface area contributed by atoms with Crippen molar-refractivity contribution >= 4 is 11.8 Å². The zero-order valence-electron chi connectivity index (χ0n) is 11.4. The largest absolute Gasteiger partial charge is 0.344 e. The first-order valence-corrected chi connectivity index (χ1v) is 7.21. The van der Waals surface area contributed by atoms with Gasteiger partial charge in [-0.05, 0) is 25.7 Å². The van der Waals surface area contributed by atoms with Crippen LogP contribution in [0.4, 0.5) is 0 Å². The summed E-state index contributed by atoms with van der Waals surface area (Å²) in [7, 11) is 0. The van der Waals surface area contributed by atoms with E-state index in [2.05, 4.69) is 5.32 Å². The van der Waals surface area contributed by atoms with Crippen LogP contribution in [0.2, 0.25) is 0 Å². The predicted molar refractivity (Wildman–Crippen MR) is 70.0 cm³/mol. The Hall–Kier alpha value is -1.06. The quantitative estimate of drug-likeness (QED) is 0.809. The third kappa shape index (κ3) is 3.24. The lowest BCUT2D eigenvalue weighted by Crippen LogP contribution is -2.46. The molecule has 0 radical (unpaired) electrons. The normalized spacial score (nSPS) is 29.1. The Kier molecular flexibility index (Phi) is 4.25. The number of hydrogen-bond acceptors (Lipinski definition) is 2. The molecule has 0 bridgehead atoms. The van der Waals surface area contributed by atoms with E-state index in [1.165, 1.54) is 12.8 Å². The standard InChI is InChI=1S/C14H24N2O2/c1-3-4-12-14(18)16(8-7-11-5-6-11)10(2)9-13(17)15-12/h10-12H,3-9H2,1-2H3,(H,15,17). The van der Waals surface area contributed by atoms with Crippen molar-refractivity contribution in [3.63, 3.8) is 0 Å². The SMILES string of the molecule is CCCC1NC(=O)CC(C)N(CCC2CC2)C1=O. The summed E-state index contributed by atoms with van der Waals surface area (Å²) in [5.74, 6) is 0.959. The Labute approximate surface area is 109 Å². The minimum absolute atomic E-state index is 0.0169. The van der Waals surface area contributed by atoms with Gasteiger partial charge < -0.3 is 10.2 Å². The molecule has 1 saturated heterocycles. The minimum Gasteiger partial charge on any atom is -0.344 e. The molecule has 2 unspecified atom stereocenters. The van der Waals surface area contributed by atoms with Gasteiger partial charge in [-0.2, -0.15) is 0 Å². The van der Waals surface area contributed by atoms with Crippen LogP contribution >= 0.6 is 0 Å². The van der Waals surface area contributed by atoms with E-state index in [-0.39, 0.29) is 23.9 Å². The monoisotopic (exact) mass is 252 g/mol. The molecule has 1 aliphatic heterocycles. The number of amides is 2. The van der Waals surface area contributed by atoms with Crippen LogP contribution < -0.4 is 5.32 Å². The molecule has 102 valence electrons. The van der Waals surface area contributed by atoms with E-state index < -0.39 is 0 Å². The molecule has 2 fully saturated rings. The second-order valence-electron chi connectivity index (χ2n) is 5.73. The smallest absolute Gasteiger partial charge is 0.245 e. The summed E-state index contributed by atoms with van der Waals surface area (Å²) in [6.07, 6.45) is 5.83. The van der Waals surface area contributed by atoms with Gasteiger partial charge in [0.15, 0.2) is 0 Å². The number of hydrogen-bond donors (Lipinski definition) is 1. The highest BCUT2D eigenvalue weighted by Gasteiger charge is 2.34. The number of carbonyl (C=O) groups excluding carboxylic acids is 2. The van der Waals surface area contributed by atoms with Crippen LogP contribution in [0.1, 0.15) is 52.4 Å². The molecule has 18 heavy (non-hydrogen) atoms. The molecule has 1 saturated carbocycles. The Morgan fingerprint density at radius 2 is 2.00 bits per heavy atom. The molecule has 1 heterocycles. The number of nitrogens with one attached hydrogen (secondary N) is 1. The lowest BCUT2D eigenvalue weighted by atomic mass is 10.1. The first-order chi connectivity index (χ1) is 8.61. The van der Waals surface area contributed by atoms with Crippen LogP contribution in [0.25, 0.3) is 0 Å². The van der Waals surface area contributed by atoms with Gasteiger partial charge in [0, 0.05) is 19.0 Å². The van der Waals surface area contributed by atoms with E-state index >= 15 is 0 Å². The van der Waals surface area contributed by atoms with E-state index in [0.717, 1.165) is 31.7 Å². The fourth-order valence-electron chi connectivity index (χ4n) is 2.65. The fraction of sp³-hybridized carbons (Fsp3) is 0.857. The second-order valence-corrected chi connectivity index (χ2v) is 5.73. The van der Waals surface area contributed by atoms with Crippen molar-refractivity contribution in [3.05, 3.63) is 0 Å². The fourth-order valence-corrected chi connectivity index (χ4v) is 2.65. The van der Waals surface area contributed by atoms with Crippen molar-refractivity contribution in [2.75, 3.05) is 6.54 Å². The Balaban J connectivity index is 2.01. The van der Waals surface area contributed by atoms with Gasteiger partial charge in [-0.25, -0.2) is 0 Å². The first kappa shape index (κ1) is 13.4. The molecule has 2 rings (SSSR count). The van der Waals surface area contributed by atoms with Crippen LogP contribution in [0.15, 0.2) is 0 Å². The molecule has 4 nitrogen and oxygen atoms in total. The van der Waals surface area contributed by atoms with E-state index in [4.69, 9.17) is 0 Å². The van der Waals surface area contributed by atoms with Gasteiger partial charge in [0.05, 0.1) is 0 Å². The van der Waals surface area contributed by atoms with E-state index in [9.17, 15) is 9.59 Å². The van der Waals surface area contributed by atoms with Gasteiger partial charge in [-0.15, -0.1) is 0 Å². The van der Waals surface area contributed by atoms with E-state index in [0.29, 0.717) is 6.42 Å².